The molecular weight excluding hydrogens is 238 g/mol. The molecule has 1 amide bonds. The van der Waals surface area contributed by atoms with Gasteiger partial charge in [0.25, 0.3) is 0 Å². The number of aliphatic carboxylic acids is 1. The summed E-state index contributed by atoms with van der Waals surface area (Å²) in [5.41, 5.74) is -1.35. The van der Waals surface area contributed by atoms with E-state index in [1.54, 1.807) is 7.05 Å². The second-order valence-corrected chi connectivity index (χ2v) is 5.12. The lowest BCUT2D eigenvalue weighted by Crippen LogP contribution is -2.59. The molecule has 0 atom stereocenters. The highest BCUT2D eigenvalue weighted by atomic mass is 16.5. The summed E-state index contributed by atoms with van der Waals surface area (Å²) in [6.07, 6.45) is 1.85. The molecule has 2 heterocycles. The predicted molar refractivity (Wildman–Crippen MR) is 62.1 cm³/mol. The molecule has 0 aliphatic carbocycles. The van der Waals surface area contributed by atoms with E-state index in [1.165, 1.54) is 4.90 Å². The predicted octanol–water partition coefficient (Wildman–Crippen LogP) is -0.0274. The highest BCUT2D eigenvalue weighted by molar-refractivity contribution is 6.03. The standard InChI is InChI=1S/C12H19NO5/c1-13(6-9-2-4-17-5-3-9)10(14)12(11(15)16)7-18-8-12/h9H,2-8H2,1H3,(H,15,16). The Bertz CT molecular complexity index is 333. The van der Waals surface area contributed by atoms with Gasteiger partial charge in [0.1, 0.15) is 0 Å². The summed E-state index contributed by atoms with van der Waals surface area (Å²) >= 11 is 0. The summed E-state index contributed by atoms with van der Waals surface area (Å²) in [7, 11) is 1.67. The first-order chi connectivity index (χ1) is 8.56. The zero-order chi connectivity index (χ0) is 13.2. The largest absolute Gasteiger partial charge is 0.480 e. The van der Waals surface area contributed by atoms with Crippen molar-refractivity contribution in [1.82, 2.24) is 4.90 Å². The van der Waals surface area contributed by atoms with Crippen molar-refractivity contribution < 1.29 is 24.2 Å². The minimum atomic E-state index is -1.35. The fourth-order valence-corrected chi connectivity index (χ4v) is 2.41. The Morgan fingerprint density at radius 1 is 1.28 bits per heavy atom. The number of hydrogen-bond donors (Lipinski definition) is 1. The molecule has 0 spiro atoms. The zero-order valence-corrected chi connectivity index (χ0v) is 10.6. The van der Waals surface area contributed by atoms with Crippen molar-refractivity contribution in [3.8, 4) is 0 Å². The quantitative estimate of drug-likeness (QED) is 0.716. The fourth-order valence-electron chi connectivity index (χ4n) is 2.41. The number of rotatable bonds is 4. The van der Waals surface area contributed by atoms with Crippen LogP contribution in [0.5, 0.6) is 0 Å². The summed E-state index contributed by atoms with van der Waals surface area (Å²) in [5, 5.41) is 9.16. The molecule has 0 aromatic carbocycles. The van der Waals surface area contributed by atoms with E-state index >= 15 is 0 Å². The monoisotopic (exact) mass is 257 g/mol. The Labute approximate surface area is 106 Å². The lowest BCUT2D eigenvalue weighted by atomic mass is 9.84. The first-order valence-corrected chi connectivity index (χ1v) is 6.21. The van der Waals surface area contributed by atoms with E-state index in [-0.39, 0.29) is 19.1 Å². The van der Waals surface area contributed by atoms with E-state index in [9.17, 15) is 9.59 Å². The topological polar surface area (TPSA) is 76.1 Å². The number of carboxylic acids is 1. The molecule has 2 rings (SSSR count). The Morgan fingerprint density at radius 2 is 1.89 bits per heavy atom. The van der Waals surface area contributed by atoms with Gasteiger partial charge in [-0.2, -0.15) is 0 Å². The molecule has 102 valence electrons. The Morgan fingerprint density at radius 3 is 2.33 bits per heavy atom. The van der Waals surface area contributed by atoms with E-state index in [0.717, 1.165) is 26.1 Å². The van der Waals surface area contributed by atoms with Crippen molar-refractivity contribution in [1.29, 1.82) is 0 Å². The third-order valence-corrected chi connectivity index (χ3v) is 3.74. The molecule has 2 aliphatic rings. The average Bonchev–Trinajstić information content (AvgIpc) is 2.28. The van der Waals surface area contributed by atoms with Crippen molar-refractivity contribution in [2.24, 2.45) is 11.3 Å². The molecule has 0 aromatic rings. The number of carboxylic acid groups (broad SMARTS) is 1. The number of nitrogens with zero attached hydrogens (tertiary/aromatic N) is 1. The number of carbonyl (C=O) groups is 2. The van der Waals surface area contributed by atoms with Crippen LogP contribution in [0.25, 0.3) is 0 Å². The summed E-state index contributed by atoms with van der Waals surface area (Å²) in [6.45, 7) is 2.01. The van der Waals surface area contributed by atoms with E-state index < -0.39 is 11.4 Å². The van der Waals surface area contributed by atoms with Crippen molar-refractivity contribution in [3.63, 3.8) is 0 Å². The summed E-state index contributed by atoms with van der Waals surface area (Å²) in [6, 6.07) is 0. The van der Waals surface area contributed by atoms with Gasteiger partial charge in [-0.1, -0.05) is 0 Å². The van der Waals surface area contributed by atoms with Crippen molar-refractivity contribution in [2.45, 2.75) is 12.8 Å². The highest BCUT2D eigenvalue weighted by Gasteiger charge is 2.54. The van der Waals surface area contributed by atoms with Gasteiger partial charge in [-0.25, -0.2) is 0 Å². The molecule has 0 aromatic heterocycles. The van der Waals surface area contributed by atoms with Gasteiger partial charge < -0.3 is 19.5 Å². The second kappa shape index (κ2) is 5.24. The maximum absolute atomic E-state index is 12.2. The number of ether oxygens (including phenoxy) is 2. The average molecular weight is 257 g/mol. The summed E-state index contributed by atoms with van der Waals surface area (Å²) < 4.78 is 10.2. The Balaban J connectivity index is 1.93. The van der Waals surface area contributed by atoms with Gasteiger partial charge in [-0.05, 0) is 18.8 Å². The molecule has 2 fully saturated rings. The van der Waals surface area contributed by atoms with Gasteiger partial charge in [0.05, 0.1) is 13.2 Å². The molecule has 0 bridgehead atoms. The minimum Gasteiger partial charge on any atom is -0.480 e. The smallest absolute Gasteiger partial charge is 0.324 e. The van der Waals surface area contributed by atoms with Crippen LogP contribution in [0.2, 0.25) is 0 Å². The summed E-state index contributed by atoms with van der Waals surface area (Å²) in [4.78, 5) is 24.9. The third kappa shape index (κ3) is 2.35. The lowest BCUT2D eigenvalue weighted by Gasteiger charge is -2.39. The molecule has 0 radical (unpaired) electrons. The first kappa shape index (κ1) is 13.3. The maximum Gasteiger partial charge on any atom is 0.324 e. The fraction of sp³-hybridized carbons (Fsp3) is 0.833. The number of amides is 1. The number of hydrogen-bond acceptors (Lipinski definition) is 4. The van der Waals surface area contributed by atoms with E-state index in [0.29, 0.717) is 12.5 Å². The van der Waals surface area contributed by atoms with Gasteiger partial charge in [0.15, 0.2) is 5.41 Å². The SMILES string of the molecule is CN(CC1CCOCC1)C(=O)C1(C(=O)O)COC1. The van der Waals surface area contributed by atoms with Crippen LogP contribution in [0, 0.1) is 11.3 Å². The highest BCUT2D eigenvalue weighted by Crippen LogP contribution is 2.30. The van der Waals surface area contributed by atoms with Crippen molar-refractivity contribution >= 4 is 11.9 Å². The van der Waals surface area contributed by atoms with Crippen LogP contribution >= 0.6 is 0 Å². The van der Waals surface area contributed by atoms with E-state index in [4.69, 9.17) is 14.6 Å². The van der Waals surface area contributed by atoms with E-state index in [1.807, 2.05) is 0 Å². The van der Waals surface area contributed by atoms with E-state index in [2.05, 4.69) is 0 Å². The van der Waals surface area contributed by atoms with Gasteiger partial charge >= 0.3 is 5.97 Å². The van der Waals surface area contributed by atoms with Crippen LogP contribution in [0.15, 0.2) is 0 Å². The number of carbonyl (C=O) groups excluding carboxylic acids is 1. The minimum absolute atomic E-state index is 0.0146. The molecule has 6 heteroatoms. The van der Waals surface area contributed by atoms with Crippen molar-refractivity contribution in [2.75, 3.05) is 40.0 Å². The molecule has 18 heavy (non-hydrogen) atoms. The van der Waals surface area contributed by atoms with Crippen LogP contribution in [0.3, 0.4) is 0 Å². The molecule has 0 unspecified atom stereocenters. The Hall–Kier alpha value is -1.14. The molecule has 2 saturated heterocycles. The van der Waals surface area contributed by atoms with Crippen LogP contribution in [-0.4, -0.2) is 61.9 Å². The third-order valence-electron chi connectivity index (χ3n) is 3.74. The summed E-state index contributed by atoms with van der Waals surface area (Å²) in [5.74, 6) is -1.02. The van der Waals surface area contributed by atoms with Crippen LogP contribution in [0.4, 0.5) is 0 Å². The van der Waals surface area contributed by atoms with Crippen LogP contribution in [0.1, 0.15) is 12.8 Å². The maximum atomic E-state index is 12.2. The van der Waals surface area contributed by atoms with Gasteiger partial charge in [0, 0.05) is 26.8 Å². The Kier molecular flexibility index (Phi) is 3.87. The van der Waals surface area contributed by atoms with Gasteiger partial charge in [0.2, 0.25) is 5.91 Å². The molecule has 2 aliphatic heterocycles. The molecule has 0 saturated carbocycles. The van der Waals surface area contributed by atoms with Crippen LogP contribution in [-0.2, 0) is 19.1 Å². The lowest BCUT2D eigenvalue weighted by molar-refractivity contribution is -0.191. The first-order valence-electron chi connectivity index (χ1n) is 6.21. The van der Waals surface area contributed by atoms with Gasteiger partial charge in [-0.15, -0.1) is 0 Å². The molecular formula is C12H19NO5. The molecule has 1 N–H and O–H groups in total. The zero-order valence-electron chi connectivity index (χ0n) is 10.6. The molecule has 6 nitrogen and oxygen atoms in total. The normalized spacial score (nSPS) is 23.2. The van der Waals surface area contributed by atoms with Crippen LogP contribution < -0.4 is 0 Å². The second-order valence-electron chi connectivity index (χ2n) is 5.12. The van der Waals surface area contributed by atoms with Gasteiger partial charge in [-0.3, -0.25) is 9.59 Å². The van der Waals surface area contributed by atoms with Crippen molar-refractivity contribution in [3.05, 3.63) is 0 Å².